The van der Waals surface area contributed by atoms with E-state index in [-0.39, 0.29) is 17.8 Å². The van der Waals surface area contributed by atoms with Gasteiger partial charge in [0.05, 0.1) is 6.04 Å². The number of aryl methyl sites for hydroxylation is 1. The van der Waals surface area contributed by atoms with Gasteiger partial charge >= 0.3 is 0 Å². The van der Waals surface area contributed by atoms with Crippen molar-refractivity contribution in [3.8, 4) is 5.75 Å². The molecule has 4 heteroatoms. The smallest absolute Gasteiger partial charge is 0.261 e. The van der Waals surface area contributed by atoms with E-state index in [0.717, 1.165) is 11.1 Å². The maximum absolute atomic E-state index is 13.0. The highest BCUT2D eigenvalue weighted by Gasteiger charge is 2.20. The van der Waals surface area contributed by atoms with Crippen molar-refractivity contribution < 1.29 is 13.9 Å². The normalized spacial score (nSPS) is 13.2. The third-order valence-electron chi connectivity index (χ3n) is 3.69. The van der Waals surface area contributed by atoms with Crippen molar-refractivity contribution in [3.05, 3.63) is 65.5 Å². The Morgan fingerprint density at radius 3 is 2.30 bits per heavy atom. The van der Waals surface area contributed by atoms with Gasteiger partial charge in [-0.1, -0.05) is 36.8 Å². The molecule has 0 saturated heterocycles. The largest absolute Gasteiger partial charge is 0.481 e. The van der Waals surface area contributed by atoms with E-state index in [0.29, 0.717) is 12.2 Å². The highest BCUT2D eigenvalue weighted by molar-refractivity contribution is 5.81. The Balaban J connectivity index is 1.99. The maximum atomic E-state index is 13.0. The van der Waals surface area contributed by atoms with Crippen molar-refractivity contribution in [3.63, 3.8) is 0 Å². The minimum atomic E-state index is -0.555. The average molecular weight is 315 g/mol. The second-order valence-corrected chi connectivity index (χ2v) is 5.61. The van der Waals surface area contributed by atoms with E-state index in [9.17, 15) is 9.18 Å². The molecule has 2 rings (SSSR count). The lowest BCUT2D eigenvalue weighted by molar-refractivity contribution is -0.128. The Morgan fingerprint density at radius 2 is 1.74 bits per heavy atom. The molecule has 0 spiro atoms. The first-order chi connectivity index (χ1) is 11.0. The molecule has 2 atom stereocenters. The van der Waals surface area contributed by atoms with Gasteiger partial charge < -0.3 is 10.1 Å². The molecule has 0 heterocycles. The zero-order chi connectivity index (χ0) is 16.8. The third-order valence-corrected chi connectivity index (χ3v) is 3.69. The highest BCUT2D eigenvalue weighted by atomic mass is 19.1. The molecule has 1 N–H and O–H groups in total. The number of benzene rings is 2. The zero-order valence-electron chi connectivity index (χ0n) is 13.7. The fraction of sp³-hybridized carbons (Fsp3) is 0.316. The molecule has 0 aromatic heterocycles. The molecule has 0 bridgehead atoms. The molecule has 0 unspecified atom stereocenters. The fourth-order valence-corrected chi connectivity index (χ4v) is 2.24. The summed E-state index contributed by atoms with van der Waals surface area (Å²) in [4.78, 5) is 12.4. The molecule has 0 radical (unpaired) electrons. The van der Waals surface area contributed by atoms with Crippen LogP contribution in [-0.4, -0.2) is 12.0 Å². The SMILES string of the molecule is CC[C@H](Oc1ccc(C)cc1)C(=O)N[C@H](C)c1ccc(F)cc1. The standard InChI is InChI=1S/C19H22FNO2/c1-4-18(23-17-11-5-13(2)6-12-17)19(22)21-14(3)15-7-9-16(20)10-8-15/h5-12,14,18H,4H2,1-3H3,(H,21,22)/t14-,18+/m1/s1. The minimum Gasteiger partial charge on any atom is -0.481 e. The van der Waals surface area contributed by atoms with E-state index in [2.05, 4.69) is 5.32 Å². The van der Waals surface area contributed by atoms with Crippen LogP contribution in [0.15, 0.2) is 48.5 Å². The van der Waals surface area contributed by atoms with Crippen LogP contribution in [0.25, 0.3) is 0 Å². The molecular formula is C19H22FNO2. The summed E-state index contributed by atoms with van der Waals surface area (Å²) in [6, 6.07) is 13.5. The van der Waals surface area contributed by atoms with Gasteiger partial charge in [-0.3, -0.25) is 4.79 Å². The molecule has 2 aromatic rings. The van der Waals surface area contributed by atoms with Crippen LogP contribution in [0.1, 0.15) is 37.4 Å². The van der Waals surface area contributed by atoms with Crippen molar-refractivity contribution >= 4 is 5.91 Å². The van der Waals surface area contributed by atoms with E-state index < -0.39 is 6.10 Å². The van der Waals surface area contributed by atoms with Crippen molar-refractivity contribution in [1.82, 2.24) is 5.32 Å². The minimum absolute atomic E-state index is 0.176. The van der Waals surface area contributed by atoms with Crippen molar-refractivity contribution in [2.24, 2.45) is 0 Å². The zero-order valence-corrected chi connectivity index (χ0v) is 13.7. The number of ether oxygens (including phenoxy) is 1. The third kappa shape index (κ3) is 4.81. The molecule has 23 heavy (non-hydrogen) atoms. The topological polar surface area (TPSA) is 38.3 Å². The van der Waals surface area contributed by atoms with Gasteiger partial charge in [-0.25, -0.2) is 4.39 Å². The highest BCUT2D eigenvalue weighted by Crippen LogP contribution is 2.17. The molecule has 0 saturated carbocycles. The van der Waals surface area contributed by atoms with Crippen LogP contribution in [-0.2, 0) is 4.79 Å². The fourth-order valence-electron chi connectivity index (χ4n) is 2.24. The number of carbonyl (C=O) groups is 1. The van der Waals surface area contributed by atoms with E-state index in [4.69, 9.17) is 4.74 Å². The summed E-state index contributed by atoms with van der Waals surface area (Å²) >= 11 is 0. The van der Waals surface area contributed by atoms with E-state index in [1.807, 2.05) is 45.0 Å². The van der Waals surface area contributed by atoms with E-state index in [1.54, 1.807) is 12.1 Å². The van der Waals surface area contributed by atoms with Crippen LogP contribution in [0.4, 0.5) is 4.39 Å². The van der Waals surface area contributed by atoms with E-state index in [1.165, 1.54) is 12.1 Å². The van der Waals surface area contributed by atoms with Crippen molar-refractivity contribution in [2.45, 2.75) is 39.3 Å². The lowest BCUT2D eigenvalue weighted by Gasteiger charge is -2.21. The average Bonchev–Trinajstić information content (AvgIpc) is 2.54. The number of rotatable bonds is 6. The van der Waals surface area contributed by atoms with Crippen LogP contribution < -0.4 is 10.1 Å². The monoisotopic (exact) mass is 315 g/mol. The first kappa shape index (κ1) is 17.0. The van der Waals surface area contributed by atoms with Crippen LogP contribution in [0.2, 0.25) is 0 Å². The van der Waals surface area contributed by atoms with Gasteiger partial charge in [0.25, 0.3) is 5.91 Å². The molecular weight excluding hydrogens is 293 g/mol. The summed E-state index contributed by atoms with van der Waals surface area (Å²) in [6.07, 6.45) is 0.0103. The van der Waals surface area contributed by atoms with Gasteiger partial charge in [-0.2, -0.15) is 0 Å². The second-order valence-electron chi connectivity index (χ2n) is 5.61. The lowest BCUT2D eigenvalue weighted by atomic mass is 10.1. The predicted molar refractivity (Wildman–Crippen MR) is 88.8 cm³/mol. The van der Waals surface area contributed by atoms with Crippen LogP contribution in [0.5, 0.6) is 5.75 Å². The number of amides is 1. The van der Waals surface area contributed by atoms with Gasteiger partial charge in [0.15, 0.2) is 6.10 Å². The van der Waals surface area contributed by atoms with Gasteiger partial charge in [-0.05, 0) is 50.1 Å². The molecule has 0 aliphatic carbocycles. The summed E-state index contributed by atoms with van der Waals surface area (Å²) in [5, 5.41) is 2.91. The van der Waals surface area contributed by atoms with Crippen molar-refractivity contribution in [2.75, 3.05) is 0 Å². The van der Waals surface area contributed by atoms with E-state index >= 15 is 0 Å². The van der Waals surface area contributed by atoms with Crippen LogP contribution in [0.3, 0.4) is 0 Å². The molecule has 0 aliphatic rings. The summed E-state index contributed by atoms with van der Waals surface area (Å²) in [7, 11) is 0. The number of hydrogen-bond donors (Lipinski definition) is 1. The molecule has 1 amide bonds. The predicted octanol–water partition coefficient (Wildman–Crippen LogP) is 4.17. The maximum Gasteiger partial charge on any atom is 0.261 e. The van der Waals surface area contributed by atoms with Gasteiger partial charge in [-0.15, -0.1) is 0 Å². The Hall–Kier alpha value is -2.36. The van der Waals surface area contributed by atoms with Gasteiger partial charge in [0.1, 0.15) is 11.6 Å². The summed E-state index contributed by atoms with van der Waals surface area (Å²) in [5.74, 6) is 0.207. The van der Waals surface area contributed by atoms with Crippen molar-refractivity contribution in [1.29, 1.82) is 0 Å². The molecule has 3 nitrogen and oxygen atoms in total. The molecule has 122 valence electrons. The van der Waals surface area contributed by atoms with Crippen LogP contribution in [0, 0.1) is 12.7 Å². The Bertz CT molecular complexity index is 637. The first-order valence-corrected chi connectivity index (χ1v) is 7.78. The number of hydrogen-bond acceptors (Lipinski definition) is 2. The second kappa shape index (κ2) is 7.77. The Morgan fingerprint density at radius 1 is 1.13 bits per heavy atom. The Labute approximate surface area is 136 Å². The quantitative estimate of drug-likeness (QED) is 0.869. The summed E-state index contributed by atoms with van der Waals surface area (Å²) in [5.41, 5.74) is 1.99. The molecule has 0 fully saturated rings. The summed E-state index contributed by atoms with van der Waals surface area (Å²) in [6.45, 7) is 5.77. The van der Waals surface area contributed by atoms with Gasteiger partial charge in [0.2, 0.25) is 0 Å². The molecule has 2 aromatic carbocycles. The Kier molecular flexibility index (Phi) is 5.74. The number of carbonyl (C=O) groups excluding carboxylic acids is 1. The van der Waals surface area contributed by atoms with Gasteiger partial charge in [0, 0.05) is 0 Å². The van der Waals surface area contributed by atoms with Crippen LogP contribution >= 0.6 is 0 Å². The number of nitrogens with one attached hydrogen (secondary N) is 1. The molecule has 0 aliphatic heterocycles. The number of halogens is 1. The summed E-state index contributed by atoms with van der Waals surface area (Å²) < 4.78 is 18.7. The lowest BCUT2D eigenvalue weighted by Crippen LogP contribution is -2.39. The first-order valence-electron chi connectivity index (χ1n) is 7.78.